The van der Waals surface area contributed by atoms with Gasteiger partial charge < -0.3 is 4.74 Å². The van der Waals surface area contributed by atoms with Gasteiger partial charge in [-0.05, 0) is 19.4 Å². The summed E-state index contributed by atoms with van der Waals surface area (Å²) in [5, 5.41) is 0. The van der Waals surface area contributed by atoms with Crippen LogP contribution in [0, 0.1) is 0 Å². The van der Waals surface area contributed by atoms with Gasteiger partial charge in [-0.2, -0.15) is 0 Å². The van der Waals surface area contributed by atoms with Gasteiger partial charge in [-0.15, -0.1) is 11.8 Å². The fourth-order valence-corrected chi connectivity index (χ4v) is 2.18. The van der Waals surface area contributed by atoms with Crippen LogP contribution in [0.3, 0.4) is 0 Å². The summed E-state index contributed by atoms with van der Waals surface area (Å²) in [6.07, 6.45) is 0. The van der Waals surface area contributed by atoms with Crippen LogP contribution < -0.4 is 0 Å². The second kappa shape index (κ2) is 6.01. The third-order valence-electron chi connectivity index (χ3n) is 2.05. The van der Waals surface area contributed by atoms with Crippen molar-refractivity contribution >= 4 is 34.6 Å². The summed E-state index contributed by atoms with van der Waals surface area (Å²) in [6, 6.07) is 9.61. The molecule has 86 valence electrons. The molecule has 0 N–H and O–H groups in total. The highest BCUT2D eigenvalue weighted by Gasteiger charge is 2.29. The van der Waals surface area contributed by atoms with Crippen LogP contribution in [0.2, 0.25) is 0 Å². The molecule has 0 radical (unpaired) electrons. The fraction of sp³-hybridized carbons (Fsp3) is 0.333. The highest BCUT2D eigenvalue weighted by molar-refractivity contribution is 8.22. The number of ether oxygens (including phenoxy) is 1. The Morgan fingerprint density at radius 1 is 1.44 bits per heavy atom. The summed E-state index contributed by atoms with van der Waals surface area (Å²) < 4.78 is 6.09. The van der Waals surface area contributed by atoms with Crippen LogP contribution in [0.15, 0.2) is 30.3 Å². The minimum atomic E-state index is -0.615. The number of thioether (sulfide) groups is 1. The summed E-state index contributed by atoms with van der Waals surface area (Å²) in [5.74, 6) is -0.248. The number of benzene rings is 1. The van der Waals surface area contributed by atoms with Crippen LogP contribution in [0.4, 0.5) is 0 Å². The highest BCUT2D eigenvalue weighted by atomic mass is 32.2. The highest BCUT2D eigenvalue weighted by Crippen LogP contribution is 2.24. The quantitative estimate of drug-likeness (QED) is 0.595. The van der Waals surface area contributed by atoms with Crippen LogP contribution in [0.1, 0.15) is 19.4 Å². The molecule has 0 aliphatic heterocycles. The van der Waals surface area contributed by atoms with E-state index in [4.69, 9.17) is 17.0 Å². The third-order valence-corrected chi connectivity index (χ3v) is 3.19. The molecule has 16 heavy (non-hydrogen) atoms. The molecule has 0 aliphatic carbocycles. The molecule has 0 aromatic heterocycles. The monoisotopic (exact) mass is 254 g/mol. The predicted molar refractivity (Wildman–Crippen MR) is 71.6 cm³/mol. The molecular weight excluding hydrogens is 240 g/mol. The molecule has 0 amide bonds. The van der Waals surface area contributed by atoms with Crippen molar-refractivity contribution in [3.8, 4) is 0 Å². The molecule has 1 rings (SSSR count). The Balaban J connectivity index is 2.50. The van der Waals surface area contributed by atoms with Crippen molar-refractivity contribution in [2.45, 2.75) is 25.2 Å². The van der Waals surface area contributed by atoms with E-state index in [0.717, 1.165) is 5.56 Å². The van der Waals surface area contributed by atoms with Crippen molar-refractivity contribution in [2.24, 2.45) is 0 Å². The largest absolute Gasteiger partial charge is 0.460 e. The van der Waals surface area contributed by atoms with Gasteiger partial charge in [-0.25, -0.2) is 0 Å². The zero-order valence-corrected chi connectivity index (χ0v) is 10.9. The summed E-state index contributed by atoms with van der Waals surface area (Å²) in [5.41, 5.74) is 0.985. The lowest BCUT2D eigenvalue weighted by Gasteiger charge is -2.19. The van der Waals surface area contributed by atoms with E-state index in [9.17, 15) is 4.79 Å². The van der Waals surface area contributed by atoms with Gasteiger partial charge in [0.25, 0.3) is 0 Å². The Labute approximate surface area is 105 Å². The molecular formula is C12H14O2S2. The van der Waals surface area contributed by atoms with E-state index in [1.807, 2.05) is 30.3 Å². The Kier molecular flexibility index (Phi) is 4.96. The average Bonchev–Trinajstić information content (AvgIpc) is 2.27. The van der Waals surface area contributed by atoms with Crippen molar-refractivity contribution in [3.05, 3.63) is 35.9 Å². The summed E-state index contributed by atoms with van der Waals surface area (Å²) >= 11 is 6.02. The molecule has 0 saturated heterocycles. The number of carbonyl (C=O) groups is 1. The summed E-state index contributed by atoms with van der Waals surface area (Å²) in [7, 11) is 0. The Hall–Kier alpha value is -0.870. The van der Waals surface area contributed by atoms with E-state index in [-0.39, 0.29) is 5.97 Å². The standard InChI is InChI=1S/C12H14O2S2/c1-12(2,16-9-15)11(13)14-8-10-6-4-3-5-7-10/h3-7,9H,8H2,1-2H3. The first-order valence-corrected chi connectivity index (χ1v) is 6.24. The van der Waals surface area contributed by atoms with Crippen LogP contribution in [-0.4, -0.2) is 15.4 Å². The van der Waals surface area contributed by atoms with Gasteiger partial charge in [0, 0.05) is 4.70 Å². The number of rotatable bonds is 5. The molecule has 0 saturated carbocycles. The predicted octanol–water partition coefficient (Wildman–Crippen LogP) is 3.20. The van der Waals surface area contributed by atoms with Crippen molar-refractivity contribution in [3.63, 3.8) is 0 Å². The molecule has 0 bridgehead atoms. The molecule has 0 spiro atoms. The molecule has 1 aromatic rings. The molecule has 0 aliphatic rings. The fourth-order valence-electron chi connectivity index (χ4n) is 1.07. The SMILES string of the molecule is CC(C)(SC=S)C(=O)OCc1ccccc1. The van der Waals surface area contributed by atoms with Crippen molar-refractivity contribution in [2.75, 3.05) is 0 Å². The second-order valence-electron chi connectivity index (χ2n) is 3.79. The lowest BCUT2D eigenvalue weighted by Crippen LogP contribution is -2.29. The molecule has 0 atom stereocenters. The normalized spacial score (nSPS) is 10.9. The Morgan fingerprint density at radius 3 is 2.62 bits per heavy atom. The summed E-state index contributed by atoms with van der Waals surface area (Å²) in [6.45, 7) is 3.91. The van der Waals surface area contributed by atoms with E-state index >= 15 is 0 Å². The molecule has 2 nitrogen and oxygen atoms in total. The van der Waals surface area contributed by atoms with Gasteiger partial charge in [0.15, 0.2) is 0 Å². The maximum absolute atomic E-state index is 11.7. The van der Waals surface area contributed by atoms with E-state index in [1.54, 1.807) is 13.8 Å². The number of esters is 1. The molecule has 0 heterocycles. The third kappa shape index (κ3) is 3.94. The Morgan fingerprint density at radius 2 is 2.06 bits per heavy atom. The maximum atomic E-state index is 11.7. The van der Waals surface area contributed by atoms with Crippen LogP contribution >= 0.6 is 24.0 Å². The second-order valence-corrected chi connectivity index (χ2v) is 5.81. The average molecular weight is 254 g/mol. The van der Waals surface area contributed by atoms with Gasteiger partial charge in [0.2, 0.25) is 0 Å². The lowest BCUT2D eigenvalue weighted by molar-refractivity contribution is -0.146. The molecule has 0 fully saturated rings. The van der Waals surface area contributed by atoms with Gasteiger partial charge in [0.05, 0.1) is 0 Å². The smallest absolute Gasteiger partial charge is 0.322 e. The number of hydrogen-bond acceptors (Lipinski definition) is 4. The van der Waals surface area contributed by atoms with Gasteiger partial charge >= 0.3 is 5.97 Å². The maximum Gasteiger partial charge on any atom is 0.322 e. The van der Waals surface area contributed by atoms with E-state index < -0.39 is 4.75 Å². The van der Waals surface area contributed by atoms with Gasteiger partial charge in [-0.1, -0.05) is 42.5 Å². The molecule has 0 unspecified atom stereocenters. The minimum Gasteiger partial charge on any atom is -0.460 e. The van der Waals surface area contributed by atoms with Crippen LogP contribution in [0.25, 0.3) is 0 Å². The zero-order chi connectivity index (χ0) is 12.0. The van der Waals surface area contributed by atoms with E-state index in [1.165, 1.54) is 16.5 Å². The lowest BCUT2D eigenvalue weighted by atomic mass is 10.2. The molecule has 1 aromatic carbocycles. The van der Waals surface area contributed by atoms with Crippen molar-refractivity contribution < 1.29 is 9.53 Å². The first-order chi connectivity index (χ1) is 7.56. The van der Waals surface area contributed by atoms with Crippen molar-refractivity contribution in [1.29, 1.82) is 0 Å². The topological polar surface area (TPSA) is 26.3 Å². The van der Waals surface area contributed by atoms with Gasteiger partial charge in [-0.3, -0.25) is 4.79 Å². The number of thiocarbonyl (C=S) groups is 1. The zero-order valence-electron chi connectivity index (χ0n) is 9.30. The number of carbonyl (C=O) groups excluding carboxylic acids is 1. The van der Waals surface area contributed by atoms with E-state index in [0.29, 0.717) is 6.61 Å². The first-order valence-electron chi connectivity index (χ1n) is 4.89. The molecule has 4 heteroatoms. The van der Waals surface area contributed by atoms with E-state index in [2.05, 4.69) is 0 Å². The minimum absolute atomic E-state index is 0.248. The van der Waals surface area contributed by atoms with Crippen LogP contribution in [0.5, 0.6) is 0 Å². The summed E-state index contributed by atoms with van der Waals surface area (Å²) in [4.78, 5) is 11.7. The Bertz CT molecular complexity index is 361. The van der Waals surface area contributed by atoms with Crippen molar-refractivity contribution in [1.82, 2.24) is 0 Å². The number of hydrogen-bond donors (Lipinski definition) is 0. The first kappa shape index (κ1) is 13.2. The van der Waals surface area contributed by atoms with Gasteiger partial charge in [0.1, 0.15) is 11.4 Å². The van der Waals surface area contributed by atoms with Crippen LogP contribution in [-0.2, 0) is 16.1 Å².